The van der Waals surface area contributed by atoms with E-state index in [9.17, 15) is 0 Å². The zero-order valence-corrected chi connectivity index (χ0v) is 9.46. The number of nitrogens with one attached hydrogen (secondary N) is 1. The van der Waals surface area contributed by atoms with Crippen LogP contribution in [-0.2, 0) is 0 Å². The molecular formula is C11H21NS. The fraction of sp³-hybridized carbons (Fsp3) is 0.909. The minimum absolute atomic E-state index is 1.11. The summed E-state index contributed by atoms with van der Waals surface area (Å²) in [6, 6.07) is 0. The summed E-state index contributed by atoms with van der Waals surface area (Å²) in [5.41, 5.74) is 0. The molecule has 0 bridgehead atoms. The Labute approximate surface area is 87.4 Å². The van der Waals surface area contributed by atoms with Gasteiger partial charge in [0.2, 0.25) is 0 Å². The lowest BCUT2D eigenvalue weighted by atomic mass is 9.86. The third kappa shape index (κ3) is 8.14. The van der Waals surface area contributed by atoms with Crippen LogP contribution in [0.15, 0.2) is 0 Å². The van der Waals surface area contributed by atoms with E-state index in [1.54, 1.807) is 5.16 Å². The molecule has 0 aromatic heterocycles. The average molecular weight is 199 g/mol. The highest BCUT2D eigenvalue weighted by atomic mass is 32.1. The standard InChI is InChI=1S/C10H20.CHNS/c1-2-3-7-10-8-5-4-6-9-10;2-1-3/h10H,2-9H2,1H3;2H. The Kier molecular flexibility index (Phi) is 9.73. The Balaban J connectivity index is 0.000000424. The second kappa shape index (κ2) is 9.88. The van der Waals surface area contributed by atoms with E-state index in [0.717, 1.165) is 5.92 Å². The molecule has 13 heavy (non-hydrogen) atoms. The van der Waals surface area contributed by atoms with Crippen LogP contribution in [0, 0.1) is 11.3 Å². The Morgan fingerprint density at radius 2 is 1.85 bits per heavy atom. The van der Waals surface area contributed by atoms with Crippen LogP contribution >= 0.6 is 12.2 Å². The molecule has 1 fully saturated rings. The number of rotatable bonds is 3. The maximum Gasteiger partial charge on any atom is 0.0554 e. The van der Waals surface area contributed by atoms with Gasteiger partial charge in [-0.05, 0) is 18.1 Å². The number of hydrogen-bond acceptors (Lipinski definition) is 2. The van der Waals surface area contributed by atoms with Gasteiger partial charge in [-0.25, -0.2) is 5.41 Å². The third-order valence-corrected chi connectivity index (χ3v) is 2.69. The number of thiocarbonyl (C=S) groups is 1. The highest BCUT2D eigenvalue weighted by Gasteiger charge is 2.11. The van der Waals surface area contributed by atoms with E-state index in [1.165, 1.54) is 51.4 Å². The van der Waals surface area contributed by atoms with Gasteiger partial charge in [0.05, 0.1) is 5.16 Å². The average Bonchev–Trinajstić information content (AvgIpc) is 2.18. The van der Waals surface area contributed by atoms with Crippen LogP contribution in [0.25, 0.3) is 0 Å². The molecule has 1 saturated carbocycles. The Morgan fingerprint density at radius 1 is 1.31 bits per heavy atom. The summed E-state index contributed by atoms with van der Waals surface area (Å²) in [6.07, 6.45) is 11.9. The predicted octanol–water partition coefficient (Wildman–Crippen LogP) is 4.42. The summed E-state index contributed by atoms with van der Waals surface area (Å²) in [7, 11) is 0. The molecular weight excluding hydrogens is 178 g/mol. The Morgan fingerprint density at radius 3 is 2.31 bits per heavy atom. The molecule has 1 nitrogen and oxygen atoms in total. The minimum atomic E-state index is 1.11. The van der Waals surface area contributed by atoms with E-state index in [-0.39, 0.29) is 0 Å². The molecule has 0 aliphatic heterocycles. The van der Waals surface area contributed by atoms with E-state index >= 15 is 0 Å². The van der Waals surface area contributed by atoms with Crippen LogP contribution in [0.3, 0.4) is 0 Å². The minimum Gasteiger partial charge on any atom is -0.248 e. The molecule has 0 amide bonds. The van der Waals surface area contributed by atoms with Gasteiger partial charge >= 0.3 is 0 Å². The topological polar surface area (TPSA) is 23.9 Å². The zero-order valence-electron chi connectivity index (χ0n) is 8.64. The summed E-state index contributed by atoms with van der Waals surface area (Å²) >= 11 is 3.81. The smallest absolute Gasteiger partial charge is 0.0554 e. The van der Waals surface area contributed by atoms with Gasteiger partial charge in [-0.2, -0.15) is 0 Å². The third-order valence-electron chi connectivity index (χ3n) is 2.69. The maximum atomic E-state index is 5.77. The van der Waals surface area contributed by atoms with Crippen molar-refractivity contribution < 1.29 is 0 Å². The summed E-state index contributed by atoms with van der Waals surface area (Å²) in [5.74, 6) is 1.11. The molecule has 0 aromatic carbocycles. The maximum absolute atomic E-state index is 5.77. The van der Waals surface area contributed by atoms with Crippen molar-refractivity contribution >= 4 is 17.4 Å². The van der Waals surface area contributed by atoms with Crippen molar-refractivity contribution in [3.8, 4) is 0 Å². The largest absolute Gasteiger partial charge is 0.248 e. The SMILES string of the molecule is CCCCC1CCCCC1.N=C=S. The molecule has 0 spiro atoms. The van der Waals surface area contributed by atoms with Crippen molar-refractivity contribution in [3.63, 3.8) is 0 Å². The van der Waals surface area contributed by atoms with Crippen LogP contribution in [0.2, 0.25) is 0 Å². The molecule has 1 aliphatic carbocycles. The molecule has 0 heterocycles. The summed E-state index contributed by atoms with van der Waals surface area (Å²) in [4.78, 5) is 0. The van der Waals surface area contributed by atoms with Gasteiger partial charge in [0.15, 0.2) is 0 Å². The van der Waals surface area contributed by atoms with Crippen LogP contribution in [0.5, 0.6) is 0 Å². The molecule has 1 aliphatic rings. The second-order valence-electron chi connectivity index (χ2n) is 3.75. The monoisotopic (exact) mass is 199 g/mol. The number of unbranched alkanes of at least 4 members (excludes halogenated alkanes) is 1. The highest BCUT2D eigenvalue weighted by Crippen LogP contribution is 2.27. The molecule has 0 unspecified atom stereocenters. The molecule has 1 N–H and O–H groups in total. The van der Waals surface area contributed by atoms with Gasteiger partial charge in [-0.1, -0.05) is 58.3 Å². The van der Waals surface area contributed by atoms with Crippen molar-refractivity contribution in [1.29, 1.82) is 5.41 Å². The second-order valence-corrected chi connectivity index (χ2v) is 3.95. The first-order valence-electron chi connectivity index (χ1n) is 5.39. The zero-order chi connectivity index (χ0) is 9.94. The quantitative estimate of drug-likeness (QED) is 0.528. The van der Waals surface area contributed by atoms with E-state index in [0.29, 0.717) is 0 Å². The van der Waals surface area contributed by atoms with Crippen LogP contribution in [-0.4, -0.2) is 5.16 Å². The van der Waals surface area contributed by atoms with Crippen molar-refractivity contribution in [2.75, 3.05) is 0 Å². The predicted molar refractivity (Wildman–Crippen MR) is 61.4 cm³/mol. The van der Waals surface area contributed by atoms with Gasteiger partial charge in [0.25, 0.3) is 0 Å². The summed E-state index contributed by atoms with van der Waals surface area (Å²) in [6.45, 7) is 2.29. The first kappa shape index (κ1) is 12.8. The fourth-order valence-electron chi connectivity index (χ4n) is 1.97. The normalized spacial score (nSPS) is 17.0. The number of isothiocyanates is 1. The lowest BCUT2D eigenvalue weighted by Gasteiger charge is -2.20. The molecule has 0 atom stereocenters. The molecule has 1 rings (SSSR count). The summed E-state index contributed by atoms with van der Waals surface area (Å²) < 4.78 is 0. The van der Waals surface area contributed by atoms with E-state index in [2.05, 4.69) is 19.1 Å². The first-order valence-corrected chi connectivity index (χ1v) is 5.79. The van der Waals surface area contributed by atoms with Crippen molar-refractivity contribution in [2.24, 2.45) is 5.92 Å². The molecule has 0 aromatic rings. The highest BCUT2D eigenvalue weighted by molar-refractivity contribution is 7.78. The van der Waals surface area contributed by atoms with Crippen LogP contribution in [0.4, 0.5) is 0 Å². The molecule has 2 heteroatoms. The number of hydrogen-bond donors (Lipinski definition) is 1. The fourth-order valence-corrected chi connectivity index (χ4v) is 1.97. The van der Waals surface area contributed by atoms with Gasteiger partial charge in [-0.3, -0.25) is 0 Å². The van der Waals surface area contributed by atoms with Crippen LogP contribution in [0.1, 0.15) is 58.3 Å². The lowest BCUT2D eigenvalue weighted by Crippen LogP contribution is -2.05. The molecule has 0 radical (unpaired) electrons. The molecule has 0 saturated heterocycles. The van der Waals surface area contributed by atoms with E-state index < -0.39 is 0 Å². The van der Waals surface area contributed by atoms with Crippen molar-refractivity contribution in [1.82, 2.24) is 0 Å². The van der Waals surface area contributed by atoms with E-state index in [1.807, 2.05) is 0 Å². The van der Waals surface area contributed by atoms with Gasteiger partial charge in [-0.15, -0.1) is 0 Å². The van der Waals surface area contributed by atoms with Gasteiger partial charge in [0, 0.05) is 0 Å². The Bertz CT molecular complexity index is 133. The molecule has 76 valence electrons. The van der Waals surface area contributed by atoms with Crippen molar-refractivity contribution in [2.45, 2.75) is 58.3 Å². The van der Waals surface area contributed by atoms with E-state index in [4.69, 9.17) is 5.41 Å². The lowest BCUT2D eigenvalue weighted by molar-refractivity contribution is 0.331. The van der Waals surface area contributed by atoms with Crippen LogP contribution < -0.4 is 0 Å². The van der Waals surface area contributed by atoms with Gasteiger partial charge < -0.3 is 0 Å². The van der Waals surface area contributed by atoms with Gasteiger partial charge in [0.1, 0.15) is 0 Å². The first-order chi connectivity index (χ1) is 6.35. The Hall–Kier alpha value is -0.200. The summed E-state index contributed by atoms with van der Waals surface area (Å²) in [5, 5.41) is 7.36. The van der Waals surface area contributed by atoms with Crippen molar-refractivity contribution in [3.05, 3.63) is 0 Å².